The SMILES string of the molecule is NC(=O)c1ccccc1-c1cc2cccccc-2c1. The Kier molecular flexibility index (Phi) is 2.76. The maximum Gasteiger partial charge on any atom is 0.249 e. The van der Waals surface area contributed by atoms with Gasteiger partial charge in [-0.15, -0.1) is 0 Å². The minimum absolute atomic E-state index is 0.397. The first-order chi connectivity index (χ1) is 9.25. The van der Waals surface area contributed by atoms with Gasteiger partial charge in [-0.05, 0) is 40.5 Å². The van der Waals surface area contributed by atoms with Crippen molar-refractivity contribution < 1.29 is 4.79 Å². The highest BCUT2D eigenvalue weighted by molar-refractivity contribution is 6.00. The second-order valence-electron chi connectivity index (χ2n) is 4.48. The van der Waals surface area contributed by atoms with Crippen LogP contribution in [-0.2, 0) is 0 Å². The van der Waals surface area contributed by atoms with Gasteiger partial charge < -0.3 is 5.73 Å². The van der Waals surface area contributed by atoms with E-state index in [1.807, 2.05) is 36.4 Å². The van der Waals surface area contributed by atoms with Gasteiger partial charge in [0.05, 0.1) is 0 Å². The van der Waals surface area contributed by atoms with Crippen molar-refractivity contribution in [3.63, 3.8) is 0 Å². The van der Waals surface area contributed by atoms with Crippen LogP contribution in [0.2, 0.25) is 0 Å². The van der Waals surface area contributed by atoms with E-state index in [-0.39, 0.29) is 0 Å². The molecule has 0 heterocycles. The summed E-state index contributed by atoms with van der Waals surface area (Å²) in [5, 5.41) is 0. The van der Waals surface area contributed by atoms with Crippen LogP contribution >= 0.6 is 0 Å². The minimum Gasteiger partial charge on any atom is -0.366 e. The lowest BCUT2D eigenvalue weighted by molar-refractivity contribution is 0.100. The molecule has 0 saturated heterocycles. The van der Waals surface area contributed by atoms with Gasteiger partial charge in [-0.2, -0.15) is 0 Å². The van der Waals surface area contributed by atoms with E-state index >= 15 is 0 Å². The van der Waals surface area contributed by atoms with Crippen molar-refractivity contribution in [2.24, 2.45) is 5.73 Å². The molecule has 2 aliphatic carbocycles. The Morgan fingerprint density at radius 1 is 0.737 bits per heavy atom. The summed E-state index contributed by atoms with van der Waals surface area (Å²) in [5.41, 5.74) is 10.2. The zero-order valence-electron chi connectivity index (χ0n) is 10.3. The second kappa shape index (κ2) is 4.58. The molecule has 1 aromatic rings. The number of fused-ring (bicyclic) bond motifs is 1. The van der Waals surface area contributed by atoms with E-state index in [0.29, 0.717) is 5.56 Å². The number of rotatable bonds is 2. The van der Waals surface area contributed by atoms with Crippen LogP contribution in [0.4, 0.5) is 0 Å². The number of amides is 1. The third kappa shape index (κ3) is 2.08. The van der Waals surface area contributed by atoms with Crippen molar-refractivity contribution in [1.82, 2.24) is 0 Å². The average Bonchev–Trinajstić information content (AvgIpc) is 2.70. The quantitative estimate of drug-likeness (QED) is 0.739. The van der Waals surface area contributed by atoms with Gasteiger partial charge in [0, 0.05) is 5.56 Å². The molecular weight excluding hydrogens is 234 g/mol. The molecule has 92 valence electrons. The smallest absolute Gasteiger partial charge is 0.249 e. The molecule has 3 rings (SSSR count). The molecule has 2 heteroatoms. The highest BCUT2D eigenvalue weighted by Gasteiger charge is 2.12. The third-order valence-corrected chi connectivity index (χ3v) is 3.23. The van der Waals surface area contributed by atoms with Gasteiger partial charge in [0.25, 0.3) is 0 Å². The first-order valence-electron chi connectivity index (χ1n) is 6.14. The predicted molar refractivity (Wildman–Crippen MR) is 77.0 cm³/mol. The van der Waals surface area contributed by atoms with E-state index in [1.165, 1.54) is 0 Å². The van der Waals surface area contributed by atoms with Gasteiger partial charge in [0.2, 0.25) is 5.91 Å². The molecule has 0 spiro atoms. The lowest BCUT2D eigenvalue weighted by Gasteiger charge is -2.03. The van der Waals surface area contributed by atoms with Crippen molar-refractivity contribution in [2.75, 3.05) is 0 Å². The number of hydrogen-bond donors (Lipinski definition) is 1. The lowest BCUT2D eigenvalue weighted by atomic mass is 10.0. The summed E-state index contributed by atoms with van der Waals surface area (Å²) in [7, 11) is 0. The minimum atomic E-state index is -0.397. The molecule has 1 aromatic carbocycles. The van der Waals surface area contributed by atoms with Crippen LogP contribution in [-0.4, -0.2) is 5.91 Å². The second-order valence-corrected chi connectivity index (χ2v) is 4.48. The normalized spacial score (nSPS) is 10.5. The molecular formula is C17H13NO. The number of nitrogens with two attached hydrogens (primary N) is 1. The Morgan fingerprint density at radius 3 is 1.95 bits per heavy atom. The van der Waals surface area contributed by atoms with E-state index in [0.717, 1.165) is 22.3 Å². The van der Waals surface area contributed by atoms with Crippen molar-refractivity contribution in [3.8, 4) is 22.3 Å². The summed E-state index contributed by atoms with van der Waals surface area (Å²) in [6, 6.07) is 21.7. The topological polar surface area (TPSA) is 43.1 Å². The van der Waals surface area contributed by atoms with Crippen LogP contribution in [0.5, 0.6) is 0 Å². The van der Waals surface area contributed by atoms with E-state index in [9.17, 15) is 4.79 Å². The zero-order chi connectivity index (χ0) is 13.2. The average molecular weight is 247 g/mol. The number of hydrogen-bond acceptors (Lipinski definition) is 1. The summed E-state index contributed by atoms with van der Waals surface area (Å²) < 4.78 is 0. The third-order valence-electron chi connectivity index (χ3n) is 3.23. The Hall–Kier alpha value is -2.61. The Labute approximate surface area is 111 Å². The number of carbonyl (C=O) groups is 1. The predicted octanol–water partition coefficient (Wildman–Crippen LogP) is 3.56. The van der Waals surface area contributed by atoms with Gasteiger partial charge in [-0.1, -0.05) is 48.5 Å². The first kappa shape index (κ1) is 11.5. The summed E-state index contributed by atoms with van der Waals surface area (Å²) in [6.45, 7) is 0. The molecule has 0 bridgehead atoms. The van der Waals surface area contributed by atoms with Crippen LogP contribution in [0.25, 0.3) is 22.3 Å². The molecule has 1 amide bonds. The molecule has 19 heavy (non-hydrogen) atoms. The fourth-order valence-corrected chi connectivity index (χ4v) is 2.32. The van der Waals surface area contributed by atoms with E-state index in [4.69, 9.17) is 5.73 Å². The number of carbonyl (C=O) groups excluding carboxylic acids is 1. The number of benzene rings is 1. The number of primary amides is 1. The summed E-state index contributed by atoms with van der Waals surface area (Å²) in [6.07, 6.45) is 0. The lowest BCUT2D eigenvalue weighted by Crippen LogP contribution is -2.11. The molecule has 2 aliphatic rings. The van der Waals surface area contributed by atoms with E-state index < -0.39 is 5.91 Å². The molecule has 0 radical (unpaired) electrons. The Morgan fingerprint density at radius 2 is 1.32 bits per heavy atom. The molecule has 0 unspecified atom stereocenters. The Bertz CT molecular complexity index is 687. The fourth-order valence-electron chi connectivity index (χ4n) is 2.32. The molecule has 0 aliphatic heterocycles. The summed E-state index contributed by atoms with van der Waals surface area (Å²) in [4.78, 5) is 11.5. The summed E-state index contributed by atoms with van der Waals surface area (Å²) >= 11 is 0. The van der Waals surface area contributed by atoms with Crippen LogP contribution < -0.4 is 5.73 Å². The van der Waals surface area contributed by atoms with Crippen molar-refractivity contribution in [2.45, 2.75) is 0 Å². The van der Waals surface area contributed by atoms with Gasteiger partial charge in [0.15, 0.2) is 0 Å². The monoisotopic (exact) mass is 247 g/mol. The molecule has 0 aromatic heterocycles. The van der Waals surface area contributed by atoms with Crippen LogP contribution in [0, 0.1) is 0 Å². The van der Waals surface area contributed by atoms with Crippen molar-refractivity contribution >= 4 is 5.91 Å². The van der Waals surface area contributed by atoms with Gasteiger partial charge in [0.1, 0.15) is 0 Å². The molecule has 2 N–H and O–H groups in total. The van der Waals surface area contributed by atoms with Crippen molar-refractivity contribution in [1.29, 1.82) is 0 Å². The van der Waals surface area contributed by atoms with Gasteiger partial charge in [-0.25, -0.2) is 0 Å². The fraction of sp³-hybridized carbons (Fsp3) is 0. The highest BCUT2D eigenvalue weighted by Crippen LogP contribution is 2.33. The van der Waals surface area contributed by atoms with E-state index in [2.05, 4.69) is 24.3 Å². The molecule has 0 saturated carbocycles. The van der Waals surface area contributed by atoms with Crippen molar-refractivity contribution in [3.05, 3.63) is 72.3 Å². The van der Waals surface area contributed by atoms with Crippen LogP contribution in [0.1, 0.15) is 10.4 Å². The van der Waals surface area contributed by atoms with E-state index in [1.54, 1.807) is 6.07 Å². The Balaban J connectivity index is 2.21. The summed E-state index contributed by atoms with van der Waals surface area (Å²) in [5.74, 6) is -0.397. The zero-order valence-corrected chi connectivity index (χ0v) is 10.3. The van der Waals surface area contributed by atoms with Crippen LogP contribution in [0.15, 0.2) is 66.7 Å². The van der Waals surface area contributed by atoms with Gasteiger partial charge in [-0.3, -0.25) is 4.79 Å². The first-order valence-corrected chi connectivity index (χ1v) is 6.14. The standard InChI is InChI=1S/C17H13NO/c18-17(19)16-9-5-4-8-15(16)14-10-12-6-2-1-3-7-13(12)11-14/h1-11H,(H2,18,19). The molecule has 2 nitrogen and oxygen atoms in total. The maximum atomic E-state index is 11.5. The maximum absolute atomic E-state index is 11.5. The largest absolute Gasteiger partial charge is 0.366 e. The highest BCUT2D eigenvalue weighted by atomic mass is 16.1. The molecule has 0 fully saturated rings. The van der Waals surface area contributed by atoms with Gasteiger partial charge >= 0.3 is 0 Å². The molecule has 0 atom stereocenters. The van der Waals surface area contributed by atoms with Crippen LogP contribution in [0.3, 0.4) is 0 Å².